The first-order valence-electron chi connectivity index (χ1n) is 8.30. The van der Waals surface area contributed by atoms with Crippen LogP contribution in [-0.4, -0.2) is 33.1 Å². The van der Waals surface area contributed by atoms with E-state index in [0.717, 1.165) is 16.9 Å². The highest BCUT2D eigenvalue weighted by molar-refractivity contribution is 6.32. The molecule has 1 saturated heterocycles. The van der Waals surface area contributed by atoms with Crippen molar-refractivity contribution in [3.8, 4) is 5.69 Å². The molecule has 0 spiro atoms. The average molecular weight is 365 g/mol. The number of piperidine rings is 1. The third-order valence-corrected chi connectivity index (χ3v) is 5.17. The topological polar surface area (TPSA) is 33.4 Å². The van der Waals surface area contributed by atoms with Crippen LogP contribution in [0.3, 0.4) is 0 Å². The molecule has 0 amide bonds. The van der Waals surface area contributed by atoms with E-state index in [1.165, 1.54) is 19.3 Å². The highest BCUT2D eigenvalue weighted by Crippen LogP contribution is 2.26. The van der Waals surface area contributed by atoms with Crippen LogP contribution in [0.1, 0.15) is 44.4 Å². The van der Waals surface area contributed by atoms with Crippen molar-refractivity contribution in [1.82, 2.24) is 14.8 Å². The lowest BCUT2D eigenvalue weighted by atomic mass is 10.00. The van der Waals surface area contributed by atoms with Gasteiger partial charge in [0.25, 0.3) is 0 Å². The Kier molecular flexibility index (Phi) is 5.16. The van der Waals surface area contributed by atoms with E-state index in [2.05, 4.69) is 24.0 Å². The lowest BCUT2D eigenvalue weighted by molar-refractivity contribution is 0.109. The van der Waals surface area contributed by atoms with Crippen molar-refractivity contribution in [2.45, 2.75) is 52.1 Å². The quantitative estimate of drug-likeness (QED) is 0.711. The second kappa shape index (κ2) is 7.16. The predicted molar refractivity (Wildman–Crippen MR) is 101 cm³/mol. The Hall–Kier alpha value is -1.52. The Labute approximate surface area is 153 Å². The SMILES string of the molecule is Cc1nn(-c2cccc(Cl)c2)c(Cl)c1C=NN1C(C)CCCC1C. The van der Waals surface area contributed by atoms with Crippen LogP contribution in [0.5, 0.6) is 0 Å². The predicted octanol–water partition coefficient (Wildman–Crippen LogP) is 5.08. The van der Waals surface area contributed by atoms with Crippen molar-refractivity contribution in [1.29, 1.82) is 0 Å². The van der Waals surface area contributed by atoms with E-state index >= 15 is 0 Å². The molecule has 0 bridgehead atoms. The van der Waals surface area contributed by atoms with Crippen LogP contribution >= 0.6 is 23.2 Å². The third kappa shape index (κ3) is 3.45. The van der Waals surface area contributed by atoms with Gasteiger partial charge in [-0.2, -0.15) is 10.2 Å². The summed E-state index contributed by atoms with van der Waals surface area (Å²) in [5.74, 6) is 0. The van der Waals surface area contributed by atoms with Gasteiger partial charge in [-0.1, -0.05) is 29.3 Å². The molecule has 3 rings (SSSR count). The van der Waals surface area contributed by atoms with Gasteiger partial charge in [-0.3, -0.25) is 5.01 Å². The zero-order valence-electron chi connectivity index (χ0n) is 14.2. The first-order chi connectivity index (χ1) is 11.5. The van der Waals surface area contributed by atoms with Crippen molar-refractivity contribution in [3.05, 3.63) is 45.7 Å². The van der Waals surface area contributed by atoms with E-state index in [4.69, 9.17) is 28.3 Å². The fraction of sp³-hybridized carbons (Fsp3) is 0.444. The Morgan fingerprint density at radius 2 is 1.92 bits per heavy atom. The zero-order chi connectivity index (χ0) is 17.3. The minimum atomic E-state index is 0.451. The van der Waals surface area contributed by atoms with Crippen LogP contribution < -0.4 is 0 Å². The smallest absolute Gasteiger partial charge is 0.142 e. The standard InChI is InChI=1S/C18H22Cl2N4/c1-12-6-4-7-13(2)23(12)21-11-17-14(3)22-24(18(17)20)16-9-5-8-15(19)10-16/h5,8-13H,4,6-7H2,1-3H3. The van der Waals surface area contributed by atoms with Crippen LogP contribution in [0, 0.1) is 6.92 Å². The summed E-state index contributed by atoms with van der Waals surface area (Å²) >= 11 is 12.6. The van der Waals surface area contributed by atoms with Gasteiger partial charge < -0.3 is 0 Å². The molecule has 1 aliphatic heterocycles. The number of aryl methyl sites for hydroxylation is 1. The number of hydrogen-bond acceptors (Lipinski definition) is 3. The molecule has 6 heteroatoms. The molecule has 1 aromatic carbocycles. The van der Waals surface area contributed by atoms with Crippen molar-refractivity contribution in [3.63, 3.8) is 0 Å². The molecule has 2 atom stereocenters. The van der Waals surface area contributed by atoms with Gasteiger partial charge in [-0.25, -0.2) is 4.68 Å². The summed E-state index contributed by atoms with van der Waals surface area (Å²) in [5.41, 5.74) is 2.54. The molecule has 2 heterocycles. The number of benzene rings is 1. The van der Waals surface area contributed by atoms with E-state index in [9.17, 15) is 0 Å². The van der Waals surface area contributed by atoms with Crippen LogP contribution in [0.25, 0.3) is 5.69 Å². The van der Waals surface area contributed by atoms with Gasteiger partial charge in [0.1, 0.15) is 5.15 Å². The Bertz CT molecular complexity index is 743. The summed E-state index contributed by atoms with van der Waals surface area (Å²) in [6.45, 7) is 6.38. The molecular weight excluding hydrogens is 343 g/mol. The second-order valence-corrected chi connectivity index (χ2v) is 7.23. The average Bonchev–Trinajstić information content (AvgIpc) is 2.82. The largest absolute Gasteiger partial charge is 0.292 e. The van der Waals surface area contributed by atoms with E-state index < -0.39 is 0 Å². The molecule has 1 fully saturated rings. The molecule has 2 aromatic rings. The maximum Gasteiger partial charge on any atom is 0.142 e. The van der Waals surface area contributed by atoms with Crippen LogP contribution in [0.15, 0.2) is 29.4 Å². The molecule has 0 aliphatic carbocycles. The summed E-state index contributed by atoms with van der Waals surface area (Å²) in [4.78, 5) is 0. The number of aromatic nitrogens is 2. The van der Waals surface area contributed by atoms with E-state index in [0.29, 0.717) is 22.3 Å². The number of hydrogen-bond donors (Lipinski definition) is 0. The molecule has 4 nitrogen and oxygen atoms in total. The highest BCUT2D eigenvalue weighted by Gasteiger charge is 2.23. The second-order valence-electron chi connectivity index (χ2n) is 6.44. The molecule has 2 unspecified atom stereocenters. The Balaban J connectivity index is 1.91. The summed E-state index contributed by atoms with van der Waals surface area (Å²) < 4.78 is 1.70. The monoisotopic (exact) mass is 364 g/mol. The van der Waals surface area contributed by atoms with Gasteiger partial charge in [0, 0.05) is 17.1 Å². The molecule has 0 radical (unpaired) electrons. The van der Waals surface area contributed by atoms with Gasteiger partial charge in [0.15, 0.2) is 0 Å². The van der Waals surface area contributed by atoms with E-state index in [-0.39, 0.29) is 0 Å². The fourth-order valence-electron chi connectivity index (χ4n) is 3.20. The van der Waals surface area contributed by atoms with Crippen LogP contribution in [0.4, 0.5) is 0 Å². The van der Waals surface area contributed by atoms with Gasteiger partial charge in [0.05, 0.1) is 23.2 Å². The van der Waals surface area contributed by atoms with Crippen LogP contribution in [-0.2, 0) is 0 Å². The highest BCUT2D eigenvalue weighted by atomic mass is 35.5. The zero-order valence-corrected chi connectivity index (χ0v) is 15.7. The molecular formula is C18H22Cl2N4. The first-order valence-corrected chi connectivity index (χ1v) is 9.06. The lowest BCUT2D eigenvalue weighted by Crippen LogP contribution is -2.39. The maximum absolute atomic E-state index is 6.55. The fourth-order valence-corrected chi connectivity index (χ4v) is 3.70. The molecule has 24 heavy (non-hydrogen) atoms. The third-order valence-electron chi connectivity index (χ3n) is 4.57. The number of rotatable bonds is 3. The van der Waals surface area contributed by atoms with E-state index in [1.807, 2.05) is 37.4 Å². The number of hydrazone groups is 1. The molecule has 0 N–H and O–H groups in total. The molecule has 1 aliphatic rings. The van der Waals surface area contributed by atoms with Crippen molar-refractivity contribution in [2.75, 3.05) is 0 Å². The van der Waals surface area contributed by atoms with Crippen molar-refractivity contribution in [2.24, 2.45) is 5.10 Å². The van der Waals surface area contributed by atoms with Crippen LogP contribution in [0.2, 0.25) is 10.2 Å². The molecule has 128 valence electrons. The maximum atomic E-state index is 6.55. The lowest BCUT2D eigenvalue weighted by Gasteiger charge is -2.36. The van der Waals surface area contributed by atoms with Gasteiger partial charge in [-0.15, -0.1) is 0 Å². The first kappa shape index (κ1) is 17.3. The summed E-state index contributed by atoms with van der Waals surface area (Å²) in [6.07, 6.45) is 5.46. The minimum Gasteiger partial charge on any atom is -0.292 e. The molecule has 1 aromatic heterocycles. The minimum absolute atomic E-state index is 0.451. The van der Waals surface area contributed by atoms with Gasteiger partial charge in [0.2, 0.25) is 0 Å². The van der Waals surface area contributed by atoms with Gasteiger partial charge >= 0.3 is 0 Å². The number of nitrogens with zero attached hydrogens (tertiary/aromatic N) is 4. The van der Waals surface area contributed by atoms with Gasteiger partial charge in [-0.05, 0) is 58.2 Å². The van der Waals surface area contributed by atoms with E-state index in [1.54, 1.807) is 4.68 Å². The summed E-state index contributed by atoms with van der Waals surface area (Å²) in [5, 5.41) is 12.6. The molecule has 0 saturated carbocycles. The normalized spacial score (nSPS) is 21.6. The number of halogens is 2. The van der Waals surface area contributed by atoms with Crippen molar-refractivity contribution < 1.29 is 0 Å². The summed E-state index contributed by atoms with van der Waals surface area (Å²) in [7, 11) is 0. The Morgan fingerprint density at radius 1 is 1.21 bits per heavy atom. The Morgan fingerprint density at radius 3 is 2.58 bits per heavy atom. The van der Waals surface area contributed by atoms with Crippen molar-refractivity contribution >= 4 is 29.4 Å². The summed E-state index contributed by atoms with van der Waals surface area (Å²) in [6, 6.07) is 8.39.